The first-order valence-electron chi connectivity index (χ1n) is 9.61. The van der Waals surface area contributed by atoms with Gasteiger partial charge in [-0.1, -0.05) is 0 Å². The molecule has 2 aromatic heterocycles. The molecule has 8 nitrogen and oxygen atoms in total. The van der Waals surface area contributed by atoms with Crippen LogP contribution < -0.4 is 10.5 Å². The minimum atomic E-state index is -1.92. The van der Waals surface area contributed by atoms with Gasteiger partial charge in [0.05, 0.1) is 21.4 Å². The molecule has 0 saturated carbocycles. The van der Waals surface area contributed by atoms with Crippen molar-refractivity contribution in [3.63, 3.8) is 0 Å². The number of hydrogen-bond acceptors (Lipinski definition) is 6. The Morgan fingerprint density at radius 3 is 2.72 bits per heavy atom. The van der Waals surface area contributed by atoms with Gasteiger partial charge in [-0.15, -0.1) is 0 Å². The largest absolute Gasteiger partial charge is 0.482 e. The van der Waals surface area contributed by atoms with E-state index in [4.69, 9.17) is 26.2 Å². The van der Waals surface area contributed by atoms with Gasteiger partial charge in [-0.05, 0) is 31.2 Å². The van der Waals surface area contributed by atoms with Gasteiger partial charge in [0, 0.05) is 47.9 Å². The number of nitrogen functional groups attached to an aromatic ring is 1. The number of anilines is 1. The normalized spacial score (nSPS) is 17.3. The SMILES string of the molecule is [B]C1([B])c2nn(C)c(C#N)c2-c2cnc(N)c(c2)OC(C)c2cc(F)ccc2C(=O)N1C. The molecule has 2 bridgehead atoms. The van der Waals surface area contributed by atoms with Crippen LogP contribution in [0.4, 0.5) is 10.2 Å². The van der Waals surface area contributed by atoms with Crippen LogP contribution in [0.15, 0.2) is 30.5 Å². The first-order valence-corrected chi connectivity index (χ1v) is 9.61. The number of fused-ring (bicyclic) bond motifs is 5. The minimum absolute atomic E-state index is 0.0715. The lowest BCUT2D eigenvalue weighted by Crippen LogP contribution is -2.49. The fraction of sp³-hybridized carbons (Fsp3) is 0.238. The number of nitriles is 1. The summed E-state index contributed by atoms with van der Waals surface area (Å²) in [6.07, 6.45) is 0.663. The number of nitrogens with zero attached hydrogens (tertiary/aromatic N) is 5. The number of carbonyl (C=O) groups is 1. The van der Waals surface area contributed by atoms with E-state index in [-0.39, 0.29) is 34.1 Å². The van der Waals surface area contributed by atoms with Gasteiger partial charge < -0.3 is 15.4 Å². The first-order chi connectivity index (χ1) is 15.1. The molecule has 0 fully saturated rings. The van der Waals surface area contributed by atoms with Gasteiger partial charge in [0.2, 0.25) is 0 Å². The summed E-state index contributed by atoms with van der Waals surface area (Å²) in [4.78, 5) is 18.7. The Kier molecular flexibility index (Phi) is 4.96. The highest BCUT2D eigenvalue weighted by atomic mass is 19.1. The molecule has 3 aromatic rings. The Morgan fingerprint density at radius 1 is 1.31 bits per heavy atom. The Labute approximate surface area is 186 Å². The molecule has 0 aliphatic carbocycles. The van der Waals surface area contributed by atoms with E-state index in [1.807, 2.05) is 0 Å². The summed E-state index contributed by atoms with van der Waals surface area (Å²) >= 11 is 0. The van der Waals surface area contributed by atoms with Crippen LogP contribution in [-0.2, 0) is 12.4 Å². The molecule has 11 heteroatoms. The van der Waals surface area contributed by atoms with Crippen LogP contribution in [0.25, 0.3) is 11.1 Å². The number of amides is 1. The van der Waals surface area contributed by atoms with E-state index >= 15 is 0 Å². The molecule has 0 saturated heterocycles. The number of ether oxygens (including phenoxy) is 1. The maximum Gasteiger partial charge on any atom is 0.253 e. The average Bonchev–Trinajstić information content (AvgIpc) is 3.10. The summed E-state index contributed by atoms with van der Waals surface area (Å²) < 4.78 is 21.4. The monoisotopic (exact) mass is 426 g/mol. The van der Waals surface area contributed by atoms with E-state index in [0.717, 1.165) is 11.0 Å². The van der Waals surface area contributed by atoms with Crippen molar-refractivity contribution in [1.82, 2.24) is 19.7 Å². The lowest BCUT2D eigenvalue weighted by Gasteiger charge is -2.37. The van der Waals surface area contributed by atoms with Crippen LogP contribution >= 0.6 is 0 Å². The Hall–Kier alpha value is -3.80. The predicted molar refractivity (Wildman–Crippen MR) is 116 cm³/mol. The lowest BCUT2D eigenvalue weighted by atomic mass is 9.57. The number of rotatable bonds is 0. The molecule has 2 N–H and O–H groups in total. The standard InChI is InChI=1S/C21H17B2FN6O2/c1-10-14-7-12(24)4-5-13(14)20(31)29(2)21(22,23)18-17(15(8-25)30(3)28-18)11-6-16(32-10)19(26)27-9-11/h4-7,9-10H,1-3H3,(H2,26,27). The third kappa shape index (κ3) is 3.19. The van der Waals surface area contributed by atoms with Crippen LogP contribution in [0.5, 0.6) is 5.75 Å². The van der Waals surface area contributed by atoms with Crippen LogP contribution in [0.1, 0.15) is 40.3 Å². The second-order valence-electron chi connectivity index (χ2n) is 7.60. The molecule has 1 aromatic carbocycles. The molecular formula is C21H17B2FN6O2. The summed E-state index contributed by atoms with van der Waals surface area (Å²) in [5.74, 6) is -0.857. The zero-order valence-corrected chi connectivity index (χ0v) is 17.6. The minimum Gasteiger partial charge on any atom is -0.482 e. The highest BCUT2D eigenvalue weighted by Crippen LogP contribution is 2.39. The summed E-state index contributed by atoms with van der Waals surface area (Å²) in [6.45, 7) is 1.65. The first kappa shape index (κ1) is 21.4. The highest BCUT2D eigenvalue weighted by Gasteiger charge is 2.37. The Balaban J connectivity index is 2.08. The molecular weight excluding hydrogens is 409 g/mol. The molecule has 32 heavy (non-hydrogen) atoms. The van der Waals surface area contributed by atoms with Crippen LogP contribution in [0, 0.1) is 17.1 Å². The van der Waals surface area contributed by atoms with Crippen LogP contribution in [-0.4, -0.2) is 48.3 Å². The zero-order chi connectivity index (χ0) is 23.4. The quantitative estimate of drug-likeness (QED) is 0.549. The lowest BCUT2D eigenvalue weighted by molar-refractivity contribution is 0.0743. The van der Waals surface area contributed by atoms with Gasteiger partial charge in [-0.25, -0.2) is 9.37 Å². The fourth-order valence-electron chi connectivity index (χ4n) is 3.72. The second-order valence-corrected chi connectivity index (χ2v) is 7.60. The van der Waals surface area contributed by atoms with Crippen molar-refractivity contribution in [2.75, 3.05) is 12.8 Å². The molecule has 4 radical (unpaired) electrons. The van der Waals surface area contributed by atoms with E-state index in [0.29, 0.717) is 11.1 Å². The van der Waals surface area contributed by atoms with Gasteiger partial charge in [0.15, 0.2) is 11.6 Å². The number of carbonyl (C=O) groups excluding carboxylic acids is 1. The van der Waals surface area contributed by atoms with Crippen LogP contribution in [0.2, 0.25) is 0 Å². The second kappa shape index (κ2) is 7.41. The molecule has 1 atom stereocenters. The molecule has 3 heterocycles. The highest BCUT2D eigenvalue weighted by molar-refractivity contribution is 6.41. The third-order valence-electron chi connectivity index (χ3n) is 5.55. The Morgan fingerprint density at radius 2 is 2.03 bits per heavy atom. The number of hydrogen-bond donors (Lipinski definition) is 1. The van der Waals surface area contributed by atoms with Crippen molar-refractivity contribution in [2.24, 2.45) is 7.05 Å². The van der Waals surface area contributed by atoms with Crippen molar-refractivity contribution in [3.8, 4) is 22.9 Å². The summed E-state index contributed by atoms with van der Waals surface area (Å²) in [7, 11) is 15.9. The van der Waals surface area contributed by atoms with Crippen LogP contribution in [0.3, 0.4) is 0 Å². The van der Waals surface area contributed by atoms with E-state index in [1.165, 1.54) is 30.1 Å². The van der Waals surface area contributed by atoms with E-state index in [1.54, 1.807) is 20.0 Å². The number of pyridine rings is 1. The fourth-order valence-corrected chi connectivity index (χ4v) is 3.72. The van der Waals surface area contributed by atoms with Gasteiger partial charge >= 0.3 is 0 Å². The van der Waals surface area contributed by atoms with Gasteiger partial charge in [-0.2, -0.15) is 10.4 Å². The molecule has 4 rings (SSSR count). The van der Waals surface area contributed by atoms with Crippen molar-refractivity contribution in [3.05, 3.63) is 58.8 Å². The van der Waals surface area contributed by atoms with Crippen molar-refractivity contribution in [2.45, 2.75) is 18.4 Å². The molecule has 156 valence electrons. The summed E-state index contributed by atoms with van der Waals surface area (Å²) in [5.41, 5.74) is 7.37. The van der Waals surface area contributed by atoms with E-state index in [9.17, 15) is 14.4 Å². The maximum atomic E-state index is 14.1. The van der Waals surface area contributed by atoms with E-state index < -0.39 is 23.2 Å². The van der Waals surface area contributed by atoms with Crippen molar-refractivity contribution < 1.29 is 13.9 Å². The number of benzene rings is 1. The van der Waals surface area contributed by atoms with Crippen molar-refractivity contribution >= 4 is 27.4 Å². The third-order valence-corrected chi connectivity index (χ3v) is 5.55. The van der Waals surface area contributed by atoms with Gasteiger partial charge in [0.25, 0.3) is 5.91 Å². The summed E-state index contributed by atoms with van der Waals surface area (Å²) in [5, 5.41) is 12.2. The molecule has 1 unspecified atom stereocenters. The molecule has 0 spiro atoms. The average molecular weight is 426 g/mol. The summed E-state index contributed by atoms with van der Waals surface area (Å²) in [6, 6.07) is 7.37. The maximum absolute atomic E-state index is 14.1. The number of aromatic nitrogens is 3. The van der Waals surface area contributed by atoms with Crippen molar-refractivity contribution in [1.29, 1.82) is 5.26 Å². The number of aryl methyl sites for hydroxylation is 1. The number of nitrogens with two attached hydrogens (primary N) is 1. The predicted octanol–water partition coefficient (Wildman–Crippen LogP) is 1.75. The van der Waals surface area contributed by atoms with Gasteiger partial charge in [-0.3, -0.25) is 9.48 Å². The topological polar surface area (TPSA) is 110 Å². The Bertz CT molecular complexity index is 1300. The smallest absolute Gasteiger partial charge is 0.253 e. The molecule has 1 aliphatic rings. The molecule has 1 amide bonds. The van der Waals surface area contributed by atoms with Gasteiger partial charge in [0.1, 0.15) is 23.7 Å². The van der Waals surface area contributed by atoms with E-state index in [2.05, 4.69) is 16.2 Å². The zero-order valence-electron chi connectivity index (χ0n) is 17.6. The molecule has 1 aliphatic heterocycles. The number of halogens is 1.